The maximum absolute atomic E-state index is 12.9. The van der Waals surface area contributed by atoms with Crippen LogP contribution in [0.3, 0.4) is 0 Å². The number of fused-ring (bicyclic) bond motifs is 2. The van der Waals surface area contributed by atoms with E-state index in [1.165, 1.54) is 10.9 Å². The summed E-state index contributed by atoms with van der Waals surface area (Å²) in [5.74, 6) is 0.880. The molecular formula is C22H18N4O4S. The minimum Gasteiger partial charge on any atom is -0.486 e. The number of nitrogens with one attached hydrogen (secondary N) is 1. The van der Waals surface area contributed by atoms with E-state index in [0.29, 0.717) is 46.3 Å². The van der Waals surface area contributed by atoms with Crippen molar-refractivity contribution in [2.24, 2.45) is 0 Å². The van der Waals surface area contributed by atoms with Crippen LogP contribution in [0.4, 0.5) is 5.69 Å². The van der Waals surface area contributed by atoms with Gasteiger partial charge in [-0.15, -0.1) is 0 Å². The molecule has 0 saturated heterocycles. The van der Waals surface area contributed by atoms with E-state index in [1.54, 1.807) is 18.2 Å². The van der Waals surface area contributed by atoms with Crippen LogP contribution in [0.5, 0.6) is 11.5 Å². The lowest BCUT2D eigenvalue weighted by Crippen LogP contribution is -2.27. The molecule has 1 aliphatic rings. The largest absolute Gasteiger partial charge is 0.486 e. The van der Waals surface area contributed by atoms with Crippen molar-refractivity contribution in [1.82, 2.24) is 13.9 Å². The van der Waals surface area contributed by atoms with Gasteiger partial charge in [-0.3, -0.25) is 14.2 Å². The average Bonchev–Trinajstić information content (AvgIpc) is 3.21. The van der Waals surface area contributed by atoms with E-state index in [2.05, 4.69) is 14.7 Å². The number of nitrogens with zero attached hydrogens (tertiary/aromatic N) is 3. The van der Waals surface area contributed by atoms with E-state index in [9.17, 15) is 9.59 Å². The van der Waals surface area contributed by atoms with E-state index in [1.807, 2.05) is 31.2 Å². The second-order valence-corrected chi connectivity index (χ2v) is 7.93. The molecule has 0 bridgehead atoms. The highest BCUT2D eigenvalue weighted by Gasteiger charge is 2.16. The first kappa shape index (κ1) is 19.3. The van der Waals surface area contributed by atoms with Crippen LogP contribution >= 0.6 is 11.5 Å². The summed E-state index contributed by atoms with van der Waals surface area (Å²) in [6, 6.07) is 13.1. The Morgan fingerprint density at radius 2 is 1.90 bits per heavy atom. The van der Waals surface area contributed by atoms with Gasteiger partial charge in [-0.05, 0) is 30.6 Å². The number of benzene rings is 2. The minimum absolute atomic E-state index is 0.159. The third-order valence-electron chi connectivity index (χ3n) is 4.91. The SMILES string of the molecule is Cc1ccc(-c2nsc3c(=O)n(CC(=O)Nc4ccc5c(c4)OCCO5)cnc23)cc1. The van der Waals surface area contributed by atoms with Gasteiger partial charge in [0.1, 0.15) is 35.7 Å². The molecule has 0 saturated carbocycles. The van der Waals surface area contributed by atoms with Gasteiger partial charge >= 0.3 is 0 Å². The summed E-state index contributed by atoms with van der Waals surface area (Å²) in [5, 5.41) is 2.78. The third-order valence-corrected chi connectivity index (χ3v) is 5.74. The highest BCUT2D eigenvalue weighted by atomic mass is 32.1. The summed E-state index contributed by atoms with van der Waals surface area (Å²) in [6.07, 6.45) is 1.39. The lowest BCUT2D eigenvalue weighted by atomic mass is 10.1. The van der Waals surface area contributed by atoms with Crippen LogP contribution in [0, 0.1) is 6.92 Å². The van der Waals surface area contributed by atoms with Crippen LogP contribution in [-0.2, 0) is 11.3 Å². The fourth-order valence-corrected chi connectivity index (χ4v) is 4.15. The smallest absolute Gasteiger partial charge is 0.273 e. The summed E-state index contributed by atoms with van der Waals surface area (Å²) in [6.45, 7) is 2.81. The molecule has 3 heterocycles. The zero-order chi connectivity index (χ0) is 21.4. The molecule has 0 unspecified atom stereocenters. The minimum atomic E-state index is -0.344. The van der Waals surface area contributed by atoms with Crippen molar-refractivity contribution in [2.45, 2.75) is 13.5 Å². The van der Waals surface area contributed by atoms with Gasteiger partial charge in [-0.2, -0.15) is 4.37 Å². The molecule has 0 aliphatic carbocycles. The number of rotatable bonds is 4. The van der Waals surface area contributed by atoms with Crippen molar-refractivity contribution in [2.75, 3.05) is 18.5 Å². The van der Waals surface area contributed by atoms with Crippen LogP contribution in [0.2, 0.25) is 0 Å². The van der Waals surface area contributed by atoms with Gasteiger partial charge in [-0.25, -0.2) is 4.98 Å². The van der Waals surface area contributed by atoms with Gasteiger partial charge < -0.3 is 14.8 Å². The number of anilines is 1. The van der Waals surface area contributed by atoms with E-state index in [0.717, 1.165) is 22.7 Å². The Morgan fingerprint density at radius 3 is 2.71 bits per heavy atom. The highest BCUT2D eigenvalue weighted by Crippen LogP contribution is 2.32. The molecule has 8 nitrogen and oxygen atoms in total. The molecule has 31 heavy (non-hydrogen) atoms. The number of carbonyl (C=O) groups is 1. The predicted molar refractivity (Wildman–Crippen MR) is 118 cm³/mol. The van der Waals surface area contributed by atoms with Gasteiger partial charge in [0.25, 0.3) is 5.56 Å². The van der Waals surface area contributed by atoms with E-state index < -0.39 is 0 Å². The van der Waals surface area contributed by atoms with Crippen LogP contribution in [-0.4, -0.2) is 33.0 Å². The Kier molecular flexibility index (Phi) is 4.87. The number of carbonyl (C=O) groups excluding carboxylic acids is 1. The molecule has 9 heteroatoms. The number of aryl methyl sites for hydroxylation is 1. The van der Waals surface area contributed by atoms with E-state index in [4.69, 9.17) is 9.47 Å². The van der Waals surface area contributed by atoms with Gasteiger partial charge in [0.2, 0.25) is 5.91 Å². The van der Waals surface area contributed by atoms with Crippen LogP contribution in [0.25, 0.3) is 21.5 Å². The third kappa shape index (κ3) is 3.75. The van der Waals surface area contributed by atoms with Gasteiger partial charge in [0.15, 0.2) is 11.5 Å². The van der Waals surface area contributed by atoms with E-state index in [-0.39, 0.29) is 18.0 Å². The van der Waals surface area contributed by atoms with Crippen molar-refractivity contribution >= 4 is 33.3 Å². The Balaban J connectivity index is 1.37. The first-order chi connectivity index (χ1) is 15.1. The predicted octanol–water partition coefficient (Wildman–Crippen LogP) is 3.24. The average molecular weight is 434 g/mol. The quantitative estimate of drug-likeness (QED) is 0.530. The van der Waals surface area contributed by atoms with Gasteiger partial charge in [0, 0.05) is 17.3 Å². The molecule has 2 aromatic carbocycles. The molecular weight excluding hydrogens is 416 g/mol. The number of ether oxygens (including phenoxy) is 2. The molecule has 0 atom stereocenters. The van der Waals surface area contributed by atoms with Gasteiger partial charge in [-0.1, -0.05) is 29.8 Å². The summed E-state index contributed by atoms with van der Waals surface area (Å²) in [7, 11) is 0. The molecule has 1 amide bonds. The lowest BCUT2D eigenvalue weighted by Gasteiger charge is -2.19. The number of hydrogen-bond donors (Lipinski definition) is 1. The fraction of sp³-hybridized carbons (Fsp3) is 0.182. The number of amides is 1. The molecule has 0 radical (unpaired) electrons. The standard InChI is InChI=1S/C22H18N4O4S/c1-13-2-4-14(5-3-13)19-20-21(31-25-19)22(28)26(12-23-20)11-18(27)24-15-6-7-16-17(10-15)30-9-8-29-16/h2-7,10,12H,8-9,11H2,1H3,(H,24,27). The van der Waals surface area contributed by atoms with Gasteiger partial charge in [0.05, 0.1) is 6.33 Å². The van der Waals surface area contributed by atoms with Crippen molar-refractivity contribution in [1.29, 1.82) is 0 Å². The lowest BCUT2D eigenvalue weighted by molar-refractivity contribution is -0.116. The maximum Gasteiger partial charge on any atom is 0.273 e. The Morgan fingerprint density at radius 1 is 1.13 bits per heavy atom. The zero-order valence-electron chi connectivity index (χ0n) is 16.6. The van der Waals surface area contributed by atoms with Crippen molar-refractivity contribution in [3.05, 3.63) is 64.7 Å². The van der Waals surface area contributed by atoms with E-state index >= 15 is 0 Å². The molecule has 156 valence electrons. The second-order valence-electron chi connectivity index (χ2n) is 7.16. The van der Waals surface area contributed by atoms with Crippen molar-refractivity contribution < 1.29 is 14.3 Å². The molecule has 0 fully saturated rings. The summed E-state index contributed by atoms with van der Waals surface area (Å²) in [4.78, 5) is 29.8. The molecule has 0 spiro atoms. The van der Waals surface area contributed by atoms with Crippen LogP contribution < -0.4 is 20.3 Å². The summed E-state index contributed by atoms with van der Waals surface area (Å²) < 4.78 is 17.1. The molecule has 5 rings (SSSR count). The second kappa shape index (κ2) is 7.84. The molecule has 2 aromatic heterocycles. The number of aromatic nitrogens is 3. The Labute approximate surface area is 181 Å². The number of hydrogen-bond acceptors (Lipinski definition) is 7. The fourth-order valence-electron chi connectivity index (χ4n) is 3.35. The first-order valence-corrected chi connectivity index (χ1v) is 10.5. The highest BCUT2D eigenvalue weighted by molar-refractivity contribution is 7.13. The van der Waals surface area contributed by atoms with Crippen molar-refractivity contribution in [3.63, 3.8) is 0 Å². The Hall–Kier alpha value is -3.72. The van der Waals surface area contributed by atoms with Crippen molar-refractivity contribution in [3.8, 4) is 22.8 Å². The topological polar surface area (TPSA) is 95.3 Å². The molecule has 1 N–H and O–H groups in total. The van der Waals surface area contributed by atoms with Crippen LogP contribution in [0.15, 0.2) is 53.6 Å². The first-order valence-electron chi connectivity index (χ1n) is 9.70. The zero-order valence-corrected chi connectivity index (χ0v) is 17.4. The Bertz CT molecular complexity index is 1340. The molecule has 4 aromatic rings. The summed E-state index contributed by atoms with van der Waals surface area (Å²) >= 11 is 1.09. The monoisotopic (exact) mass is 434 g/mol. The maximum atomic E-state index is 12.9. The summed E-state index contributed by atoms with van der Waals surface area (Å²) in [5.41, 5.74) is 3.53. The normalized spacial score (nSPS) is 12.7. The molecule has 1 aliphatic heterocycles. The van der Waals surface area contributed by atoms with Crippen LogP contribution in [0.1, 0.15) is 5.56 Å².